The highest BCUT2D eigenvalue weighted by atomic mass is 16.1. The molecule has 24 heavy (non-hydrogen) atoms. The lowest BCUT2D eigenvalue weighted by atomic mass is 9.72. The predicted octanol–water partition coefficient (Wildman–Crippen LogP) is 5.18. The molecule has 0 fully saturated rings. The molecule has 0 saturated heterocycles. The highest BCUT2D eigenvalue weighted by Crippen LogP contribution is 2.37. The summed E-state index contributed by atoms with van der Waals surface area (Å²) >= 11 is 0. The Bertz CT molecular complexity index is 730. The van der Waals surface area contributed by atoms with Gasteiger partial charge in [0.2, 0.25) is 0 Å². The van der Waals surface area contributed by atoms with Crippen molar-refractivity contribution in [3.63, 3.8) is 0 Å². The first-order chi connectivity index (χ1) is 10.9. The molecule has 0 unspecified atom stereocenters. The standard InChI is InChI=1S/C21H28N2O/c1-13-8-9-18(17(22)10-13)23-14-11-15(20(2,3)4)19(24)16(12-14)21(5,6)7/h8-12H,22H2,1-7H3. The Morgan fingerprint density at radius 1 is 0.917 bits per heavy atom. The van der Waals surface area contributed by atoms with Gasteiger partial charge in [0.15, 0.2) is 5.78 Å². The first kappa shape index (κ1) is 18.2. The molecule has 2 rings (SSSR count). The maximum absolute atomic E-state index is 12.9. The molecule has 0 spiro atoms. The molecule has 0 aliphatic heterocycles. The molecule has 0 bridgehead atoms. The fourth-order valence-corrected chi connectivity index (χ4v) is 2.71. The van der Waals surface area contributed by atoms with E-state index in [1.165, 1.54) is 0 Å². The lowest BCUT2D eigenvalue weighted by molar-refractivity contribution is -0.114. The number of aliphatic imine (C=N–C) groups is 1. The minimum absolute atomic E-state index is 0.117. The van der Waals surface area contributed by atoms with Crippen LogP contribution in [0.1, 0.15) is 47.1 Å². The zero-order chi connectivity index (χ0) is 18.3. The number of aryl methyl sites for hydroxylation is 1. The number of allylic oxidation sites excluding steroid dienone is 4. The molecule has 1 aromatic rings. The molecule has 2 N–H and O–H groups in total. The fraction of sp³-hybridized carbons (Fsp3) is 0.429. The van der Waals surface area contributed by atoms with E-state index in [-0.39, 0.29) is 16.6 Å². The number of ketones is 1. The first-order valence-corrected chi connectivity index (χ1v) is 8.33. The lowest BCUT2D eigenvalue weighted by Crippen LogP contribution is -2.29. The molecule has 1 aliphatic rings. The number of Topliss-reactive ketones (excluding diaryl/α,β-unsaturated/α-hetero) is 1. The Morgan fingerprint density at radius 2 is 1.42 bits per heavy atom. The average molecular weight is 324 g/mol. The van der Waals surface area contributed by atoms with E-state index in [2.05, 4.69) is 41.5 Å². The highest BCUT2D eigenvalue weighted by molar-refractivity contribution is 6.23. The Labute approximate surface area is 145 Å². The number of anilines is 1. The SMILES string of the molecule is Cc1ccc(N=C2C=C(C(C)(C)C)C(=O)C(C(C)(C)C)=C2)c(N)c1. The second-order valence-corrected chi connectivity index (χ2v) is 8.54. The van der Waals surface area contributed by atoms with Crippen molar-refractivity contribution < 1.29 is 4.79 Å². The summed E-state index contributed by atoms with van der Waals surface area (Å²) in [6.07, 6.45) is 3.80. The molecular weight excluding hydrogens is 296 g/mol. The molecule has 0 radical (unpaired) electrons. The Kier molecular flexibility index (Phi) is 4.58. The second kappa shape index (κ2) is 6.04. The number of hydrogen-bond donors (Lipinski definition) is 1. The van der Waals surface area contributed by atoms with Crippen LogP contribution in [0.2, 0.25) is 0 Å². The van der Waals surface area contributed by atoms with Crippen LogP contribution in [0, 0.1) is 17.8 Å². The van der Waals surface area contributed by atoms with Gasteiger partial charge in [-0.25, -0.2) is 4.99 Å². The molecule has 1 aromatic carbocycles. The third-order valence-corrected chi connectivity index (χ3v) is 4.12. The van der Waals surface area contributed by atoms with Crippen molar-refractivity contribution in [1.29, 1.82) is 0 Å². The van der Waals surface area contributed by atoms with Gasteiger partial charge in [-0.1, -0.05) is 47.6 Å². The normalized spacial score (nSPS) is 16.0. The quantitative estimate of drug-likeness (QED) is 0.572. The number of nitrogens with zero attached hydrogens (tertiary/aromatic N) is 1. The third-order valence-electron chi connectivity index (χ3n) is 4.12. The third kappa shape index (κ3) is 3.84. The number of carbonyl (C=O) groups excluding carboxylic acids is 1. The van der Waals surface area contributed by atoms with Crippen molar-refractivity contribution in [3.05, 3.63) is 47.1 Å². The average Bonchev–Trinajstić information content (AvgIpc) is 2.41. The van der Waals surface area contributed by atoms with Crippen LogP contribution in [0.4, 0.5) is 11.4 Å². The summed E-state index contributed by atoms with van der Waals surface area (Å²) < 4.78 is 0. The minimum Gasteiger partial charge on any atom is -0.397 e. The van der Waals surface area contributed by atoms with Crippen molar-refractivity contribution in [2.45, 2.75) is 48.5 Å². The fourth-order valence-electron chi connectivity index (χ4n) is 2.71. The van der Waals surface area contributed by atoms with E-state index in [9.17, 15) is 4.79 Å². The van der Waals surface area contributed by atoms with Gasteiger partial charge in [0.25, 0.3) is 0 Å². The summed E-state index contributed by atoms with van der Waals surface area (Å²) in [7, 11) is 0. The van der Waals surface area contributed by atoms with Crippen LogP contribution in [-0.2, 0) is 4.79 Å². The molecule has 128 valence electrons. The monoisotopic (exact) mass is 324 g/mol. The van der Waals surface area contributed by atoms with Crippen LogP contribution in [0.15, 0.2) is 46.5 Å². The maximum Gasteiger partial charge on any atom is 0.186 e. The number of benzene rings is 1. The number of rotatable bonds is 1. The molecule has 3 nitrogen and oxygen atoms in total. The zero-order valence-corrected chi connectivity index (χ0v) is 15.8. The smallest absolute Gasteiger partial charge is 0.186 e. The van der Waals surface area contributed by atoms with Gasteiger partial charge in [-0.2, -0.15) is 0 Å². The van der Waals surface area contributed by atoms with Crippen LogP contribution in [-0.4, -0.2) is 11.5 Å². The van der Waals surface area contributed by atoms with Gasteiger partial charge in [0.1, 0.15) is 0 Å². The first-order valence-electron chi connectivity index (χ1n) is 8.33. The summed E-state index contributed by atoms with van der Waals surface area (Å²) in [6.45, 7) is 14.3. The van der Waals surface area contributed by atoms with Crippen molar-refractivity contribution in [3.8, 4) is 0 Å². The van der Waals surface area contributed by atoms with Crippen LogP contribution >= 0.6 is 0 Å². The summed E-state index contributed by atoms with van der Waals surface area (Å²) in [6, 6.07) is 5.83. The van der Waals surface area contributed by atoms with Gasteiger partial charge in [0.05, 0.1) is 17.1 Å². The van der Waals surface area contributed by atoms with Crippen molar-refractivity contribution in [2.75, 3.05) is 5.73 Å². The number of nitrogen functional groups attached to an aromatic ring is 1. The summed E-state index contributed by atoms with van der Waals surface area (Å²) in [5.41, 5.74) is 10.5. The van der Waals surface area contributed by atoms with E-state index in [1.54, 1.807) is 0 Å². The van der Waals surface area contributed by atoms with Gasteiger partial charge in [0, 0.05) is 11.1 Å². The summed E-state index contributed by atoms with van der Waals surface area (Å²) in [5, 5.41) is 0. The molecular formula is C21H28N2O. The molecule has 0 amide bonds. The molecule has 0 aromatic heterocycles. The van der Waals surface area contributed by atoms with Crippen LogP contribution in [0.5, 0.6) is 0 Å². The van der Waals surface area contributed by atoms with Crippen LogP contribution in [0.3, 0.4) is 0 Å². The van der Waals surface area contributed by atoms with Crippen LogP contribution < -0.4 is 5.73 Å². The molecule has 0 saturated carbocycles. The maximum atomic E-state index is 12.9. The van der Waals surface area contributed by atoms with Gasteiger partial charge >= 0.3 is 0 Å². The zero-order valence-electron chi connectivity index (χ0n) is 15.8. The van der Waals surface area contributed by atoms with Gasteiger partial charge < -0.3 is 5.73 Å². The minimum atomic E-state index is -0.235. The number of hydrogen-bond acceptors (Lipinski definition) is 3. The molecule has 1 aliphatic carbocycles. The topological polar surface area (TPSA) is 55.5 Å². The summed E-state index contributed by atoms with van der Waals surface area (Å²) in [4.78, 5) is 17.6. The highest BCUT2D eigenvalue weighted by Gasteiger charge is 2.34. The second-order valence-electron chi connectivity index (χ2n) is 8.54. The van der Waals surface area contributed by atoms with E-state index in [4.69, 9.17) is 10.7 Å². The van der Waals surface area contributed by atoms with E-state index in [0.717, 1.165) is 28.1 Å². The van der Waals surface area contributed by atoms with Crippen LogP contribution in [0.25, 0.3) is 0 Å². The molecule has 3 heteroatoms. The van der Waals surface area contributed by atoms with Gasteiger partial charge in [-0.05, 0) is 47.6 Å². The van der Waals surface area contributed by atoms with Crippen molar-refractivity contribution >= 4 is 22.9 Å². The van der Waals surface area contributed by atoms with E-state index in [0.29, 0.717) is 5.69 Å². The predicted molar refractivity (Wildman–Crippen MR) is 103 cm³/mol. The van der Waals surface area contributed by atoms with E-state index in [1.807, 2.05) is 37.3 Å². The largest absolute Gasteiger partial charge is 0.397 e. The molecule has 0 heterocycles. The van der Waals surface area contributed by atoms with Crippen molar-refractivity contribution in [2.24, 2.45) is 15.8 Å². The molecule has 0 atom stereocenters. The van der Waals surface area contributed by atoms with Crippen molar-refractivity contribution in [1.82, 2.24) is 0 Å². The number of carbonyl (C=O) groups is 1. The Hall–Kier alpha value is -2.16. The Balaban J connectivity index is 2.61. The van der Waals surface area contributed by atoms with E-state index < -0.39 is 0 Å². The van der Waals surface area contributed by atoms with Gasteiger partial charge in [-0.15, -0.1) is 0 Å². The Morgan fingerprint density at radius 3 is 1.83 bits per heavy atom. The van der Waals surface area contributed by atoms with E-state index >= 15 is 0 Å². The van der Waals surface area contributed by atoms with Gasteiger partial charge in [-0.3, -0.25) is 4.79 Å². The summed E-state index contributed by atoms with van der Waals surface area (Å²) in [5.74, 6) is 0.117. The number of nitrogens with two attached hydrogens (primary N) is 1. The lowest BCUT2D eigenvalue weighted by Gasteiger charge is -2.31.